The average molecular weight is 589 g/mol. The minimum Gasteiger partial charge on any atom is -0.595 e. The van der Waals surface area contributed by atoms with Crippen LogP contribution in [0.4, 0.5) is 16.2 Å². The van der Waals surface area contributed by atoms with E-state index in [1.807, 2.05) is 61.5 Å². The molecular weight excluding hydrogens is 552 g/mol. The van der Waals surface area contributed by atoms with Crippen molar-refractivity contribution in [3.05, 3.63) is 88.8 Å². The van der Waals surface area contributed by atoms with Crippen LogP contribution in [0.5, 0.6) is 11.5 Å². The maximum absolute atomic E-state index is 14.1. The van der Waals surface area contributed by atoms with Crippen molar-refractivity contribution in [2.75, 3.05) is 46.3 Å². The molecule has 5 rings (SSSR count). The number of methoxy groups -OCH3 is 2. The van der Waals surface area contributed by atoms with Crippen molar-refractivity contribution in [1.29, 1.82) is 0 Å². The van der Waals surface area contributed by atoms with Gasteiger partial charge in [0.15, 0.2) is 5.75 Å². The van der Waals surface area contributed by atoms with Crippen LogP contribution in [0.15, 0.2) is 66.7 Å². The number of aromatic amines is 1. The highest BCUT2D eigenvalue weighted by Crippen LogP contribution is 2.46. The van der Waals surface area contributed by atoms with Crippen LogP contribution >= 0.6 is 0 Å². The lowest BCUT2D eigenvalue weighted by atomic mass is 9.71. The van der Waals surface area contributed by atoms with E-state index < -0.39 is 22.7 Å². The van der Waals surface area contributed by atoms with E-state index >= 15 is 0 Å². The highest BCUT2D eigenvalue weighted by atomic mass is 16.8. The summed E-state index contributed by atoms with van der Waals surface area (Å²) in [4.78, 5) is 34.6. The number of quaternary nitrogens is 1. The smallest absolute Gasteiger partial charge is 0.415 e. The van der Waals surface area contributed by atoms with Gasteiger partial charge in [-0.3, -0.25) is 4.79 Å². The van der Waals surface area contributed by atoms with Crippen LogP contribution in [-0.4, -0.2) is 68.6 Å². The number of amides is 1. The summed E-state index contributed by atoms with van der Waals surface area (Å²) < 4.78 is 17.0. The second-order valence-corrected chi connectivity index (χ2v) is 10.7. The number of carbonyl (C=O) groups is 2. The first-order valence-corrected chi connectivity index (χ1v) is 14.0. The third-order valence-electron chi connectivity index (χ3n) is 8.12. The van der Waals surface area contributed by atoms with Gasteiger partial charge in [0.1, 0.15) is 11.2 Å². The van der Waals surface area contributed by atoms with Crippen molar-refractivity contribution in [3.8, 4) is 11.5 Å². The van der Waals surface area contributed by atoms with Gasteiger partial charge >= 0.3 is 12.1 Å². The van der Waals surface area contributed by atoms with Crippen LogP contribution in [-0.2, 0) is 21.4 Å². The summed E-state index contributed by atoms with van der Waals surface area (Å²) in [5.74, 6) is 0.0758. The number of hydrogen-bond acceptors (Lipinski definition) is 8. The first-order valence-electron chi connectivity index (χ1n) is 14.0. The second-order valence-electron chi connectivity index (χ2n) is 10.7. The summed E-state index contributed by atoms with van der Waals surface area (Å²) in [6, 6.07) is 19.6. The lowest BCUT2D eigenvalue weighted by Crippen LogP contribution is -2.99. The Morgan fingerprint density at radius 2 is 1.77 bits per heavy atom. The molecule has 1 aromatic heterocycles. The van der Waals surface area contributed by atoms with E-state index in [9.17, 15) is 20.0 Å². The van der Waals surface area contributed by atoms with Gasteiger partial charge in [-0.25, -0.2) is 10.0 Å². The molecule has 1 aliphatic heterocycles. The standard InChI is InChI=1S/C32H36N4O7/c1-34(2)21-14-15-24(28(20-21)41-3)32(30(37)42-4)17-9-18-35(31(38)43-27-13-8-7-12-26(27)36(39)40)19-16-23-22-10-5-6-11-25(22)33-29(23)32/h5-8,10-15,20,33,36,39H,9,16-19H2,1-4H3. The molecule has 2 unspecified atom stereocenters. The Kier molecular flexibility index (Phi) is 8.58. The first-order chi connectivity index (χ1) is 20.7. The van der Waals surface area contributed by atoms with Crippen LogP contribution < -0.4 is 19.6 Å². The van der Waals surface area contributed by atoms with Gasteiger partial charge in [0.25, 0.3) is 0 Å². The summed E-state index contributed by atoms with van der Waals surface area (Å²) in [7, 11) is 6.83. The van der Waals surface area contributed by atoms with Gasteiger partial charge in [0.2, 0.25) is 5.69 Å². The summed E-state index contributed by atoms with van der Waals surface area (Å²) >= 11 is 0. The van der Waals surface area contributed by atoms with Gasteiger partial charge in [-0.2, -0.15) is 5.23 Å². The largest absolute Gasteiger partial charge is 0.595 e. The molecule has 0 radical (unpaired) electrons. The molecular formula is C32H36N4O7. The van der Waals surface area contributed by atoms with Crippen LogP contribution in [0.3, 0.4) is 0 Å². The van der Waals surface area contributed by atoms with E-state index in [4.69, 9.17) is 14.2 Å². The SMILES string of the molecule is COC(=O)C1(c2ccc(N(C)C)cc2OC)CCCN(C(=O)Oc2ccccc2[NH+]([O-])O)CCc2c1[nH]c1ccccc21. The predicted octanol–water partition coefficient (Wildman–Crippen LogP) is 3.94. The minimum absolute atomic E-state index is 0.0257. The second kappa shape index (κ2) is 12.3. The van der Waals surface area contributed by atoms with Gasteiger partial charge < -0.3 is 34.2 Å². The van der Waals surface area contributed by atoms with E-state index in [1.54, 1.807) is 24.1 Å². The zero-order valence-corrected chi connectivity index (χ0v) is 24.7. The van der Waals surface area contributed by atoms with Crippen LogP contribution in [0.25, 0.3) is 10.9 Å². The summed E-state index contributed by atoms with van der Waals surface area (Å²) in [6.07, 6.45) is 0.463. The molecule has 1 aliphatic rings. The normalized spacial score (nSPS) is 17.7. The van der Waals surface area contributed by atoms with Crippen molar-refractivity contribution in [2.45, 2.75) is 24.7 Å². The molecule has 0 aliphatic carbocycles. The Bertz CT molecular complexity index is 1630. The minimum atomic E-state index is -1.27. The van der Waals surface area contributed by atoms with Gasteiger partial charge in [-0.05, 0) is 43.0 Å². The van der Waals surface area contributed by atoms with Crippen molar-refractivity contribution in [3.63, 3.8) is 0 Å². The van der Waals surface area contributed by atoms with E-state index in [0.717, 1.165) is 22.2 Å². The average Bonchev–Trinajstić information content (AvgIpc) is 3.41. The number of nitrogens with one attached hydrogen (secondary N) is 2. The van der Waals surface area contributed by atoms with Crippen molar-refractivity contribution in [1.82, 2.24) is 9.88 Å². The molecule has 2 heterocycles. The zero-order chi connectivity index (χ0) is 30.7. The molecule has 0 fully saturated rings. The highest BCUT2D eigenvalue weighted by molar-refractivity contribution is 5.94. The van der Waals surface area contributed by atoms with Gasteiger partial charge in [-0.1, -0.05) is 36.4 Å². The van der Waals surface area contributed by atoms with Gasteiger partial charge in [-0.15, -0.1) is 0 Å². The molecule has 43 heavy (non-hydrogen) atoms. The maximum Gasteiger partial charge on any atom is 0.415 e. The Morgan fingerprint density at radius 3 is 2.49 bits per heavy atom. The van der Waals surface area contributed by atoms with E-state index in [2.05, 4.69) is 4.98 Å². The van der Waals surface area contributed by atoms with Crippen molar-refractivity contribution < 1.29 is 34.2 Å². The topological polar surface area (TPSA) is 132 Å². The molecule has 3 N–H and O–H groups in total. The maximum atomic E-state index is 14.1. The monoisotopic (exact) mass is 588 g/mol. The Hall–Kier alpha value is -4.58. The molecule has 0 bridgehead atoms. The number of nitrogens with zero attached hydrogens (tertiary/aromatic N) is 2. The quantitative estimate of drug-likeness (QED) is 0.228. The number of benzene rings is 3. The Labute approximate surface area is 249 Å². The lowest BCUT2D eigenvalue weighted by Gasteiger charge is -2.33. The number of ether oxygens (including phenoxy) is 3. The molecule has 2 atom stereocenters. The van der Waals surface area contributed by atoms with Crippen LogP contribution in [0.2, 0.25) is 0 Å². The van der Waals surface area contributed by atoms with E-state index in [1.165, 1.54) is 19.2 Å². The van der Waals surface area contributed by atoms with E-state index in [0.29, 0.717) is 36.3 Å². The zero-order valence-electron chi connectivity index (χ0n) is 24.7. The molecule has 11 heteroatoms. The highest BCUT2D eigenvalue weighted by Gasteiger charge is 2.48. The number of carbonyl (C=O) groups excluding carboxylic acids is 2. The first kappa shape index (κ1) is 29.9. The molecule has 0 saturated carbocycles. The summed E-state index contributed by atoms with van der Waals surface area (Å²) in [5.41, 5.74) is 2.64. The fourth-order valence-corrected chi connectivity index (χ4v) is 5.98. The number of anilines is 1. The number of para-hydroxylation sites is 3. The third kappa shape index (κ3) is 5.50. The molecule has 1 amide bonds. The van der Waals surface area contributed by atoms with E-state index in [-0.39, 0.29) is 24.5 Å². The number of fused-ring (bicyclic) bond motifs is 3. The molecule has 3 aromatic carbocycles. The Balaban J connectivity index is 1.63. The fourth-order valence-electron chi connectivity index (χ4n) is 5.98. The summed E-state index contributed by atoms with van der Waals surface area (Å²) in [6.45, 7) is 0.560. The molecule has 0 saturated heterocycles. The van der Waals surface area contributed by atoms with Gasteiger partial charge in [0, 0.05) is 67.2 Å². The third-order valence-corrected chi connectivity index (χ3v) is 8.12. The van der Waals surface area contributed by atoms with Crippen molar-refractivity contribution >= 4 is 34.3 Å². The predicted molar refractivity (Wildman–Crippen MR) is 161 cm³/mol. The number of esters is 1. The van der Waals surface area contributed by atoms with Crippen LogP contribution in [0.1, 0.15) is 29.7 Å². The molecule has 11 nitrogen and oxygen atoms in total. The fraction of sp³-hybridized carbons (Fsp3) is 0.312. The molecule has 0 spiro atoms. The molecule has 226 valence electrons. The Morgan fingerprint density at radius 1 is 1.02 bits per heavy atom. The van der Waals surface area contributed by atoms with Crippen molar-refractivity contribution in [2.24, 2.45) is 0 Å². The number of aromatic nitrogens is 1. The van der Waals surface area contributed by atoms with Crippen LogP contribution in [0, 0.1) is 5.21 Å². The number of hydrogen-bond donors (Lipinski definition) is 3. The lowest BCUT2D eigenvalue weighted by molar-refractivity contribution is -0.991. The van der Waals surface area contributed by atoms with Gasteiger partial charge in [0.05, 0.1) is 14.2 Å². The molecule has 4 aromatic rings. The summed E-state index contributed by atoms with van der Waals surface area (Å²) in [5, 5.41) is 21.0. The number of H-pyrrole nitrogens is 1. The number of rotatable bonds is 6.